The first kappa shape index (κ1) is 23.4. The third-order valence-electron chi connectivity index (χ3n) is 5.54. The van der Waals surface area contributed by atoms with Gasteiger partial charge in [-0.25, -0.2) is 9.13 Å². The molecular formula is C26H37N6+. The number of para-hydroxylation sites is 3. The first-order chi connectivity index (χ1) is 15.6. The Morgan fingerprint density at radius 3 is 2.50 bits per heavy atom. The molecule has 6 heteroatoms. The van der Waals surface area contributed by atoms with Crippen LogP contribution in [0.5, 0.6) is 0 Å². The maximum absolute atomic E-state index is 4.56. The molecule has 0 aliphatic heterocycles. The second-order valence-electron chi connectivity index (χ2n) is 8.21. The van der Waals surface area contributed by atoms with Gasteiger partial charge in [-0.2, -0.15) is 5.10 Å². The molecule has 2 aromatic carbocycles. The summed E-state index contributed by atoms with van der Waals surface area (Å²) >= 11 is 0. The molecule has 0 saturated carbocycles. The molecule has 6 nitrogen and oxygen atoms in total. The summed E-state index contributed by atoms with van der Waals surface area (Å²) in [5.41, 5.74) is 3.46. The summed E-state index contributed by atoms with van der Waals surface area (Å²) in [4.78, 5) is 2.22. The third kappa shape index (κ3) is 7.45. The molecule has 0 spiro atoms. The summed E-state index contributed by atoms with van der Waals surface area (Å²) in [6, 6.07) is 18.7. The van der Waals surface area contributed by atoms with Crippen molar-refractivity contribution in [2.75, 3.05) is 42.4 Å². The van der Waals surface area contributed by atoms with Gasteiger partial charge < -0.3 is 10.2 Å². The van der Waals surface area contributed by atoms with Crippen LogP contribution in [0.3, 0.4) is 0 Å². The minimum Gasteiger partial charge on any atom is -0.383 e. The van der Waals surface area contributed by atoms with E-state index in [0.717, 1.165) is 25.3 Å². The lowest BCUT2D eigenvalue weighted by molar-refractivity contribution is -0.671. The Kier molecular flexibility index (Phi) is 9.17. The van der Waals surface area contributed by atoms with Gasteiger partial charge in [0.25, 0.3) is 0 Å². The summed E-state index contributed by atoms with van der Waals surface area (Å²) in [5.74, 6) is 0. The number of unbranched alkanes of at least 4 members (excludes halogenated alkanes) is 3. The molecule has 0 amide bonds. The lowest BCUT2D eigenvalue weighted by atomic mass is 10.2. The molecule has 170 valence electrons. The number of aryl methyl sites for hydroxylation is 2. The molecule has 1 heterocycles. The van der Waals surface area contributed by atoms with E-state index in [0.29, 0.717) is 0 Å². The van der Waals surface area contributed by atoms with E-state index in [-0.39, 0.29) is 0 Å². The molecule has 3 aromatic rings. The topological polar surface area (TPSA) is 39.7 Å². The van der Waals surface area contributed by atoms with Crippen molar-refractivity contribution in [3.8, 4) is 0 Å². The number of benzene rings is 2. The number of anilines is 3. The smallest absolute Gasteiger partial charge is 0.243 e. The Hall–Kier alpha value is -3.28. The van der Waals surface area contributed by atoms with Crippen molar-refractivity contribution in [3.05, 3.63) is 73.3 Å². The Morgan fingerprint density at radius 1 is 0.969 bits per heavy atom. The maximum Gasteiger partial charge on any atom is 0.243 e. The van der Waals surface area contributed by atoms with Crippen LogP contribution in [0.2, 0.25) is 0 Å². The number of aromatic nitrogens is 2. The van der Waals surface area contributed by atoms with Crippen LogP contribution in [0.1, 0.15) is 25.7 Å². The summed E-state index contributed by atoms with van der Waals surface area (Å²) in [6.07, 6.45) is 13.2. The minimum atomic E-state index is 0.743. The Balaban J connectivity index is 1.39. The number of rotatable bonds is 13. The highest BCUT2D eigenvalue weighted by molar-refractivity contribution is 5.74. The van der Waals surface area contributed by atoms with E-state index in [9.17, 15) is 0 Å². The molecule has 0 aliphatic carbocycles. The van der Waals surface area contributed by atoms with Gasteiger partial charge in [-0.3, -0.25) is 5.01 Å². The zero-order valence-electron chi connectivity index (χ0n) is 19.7. The van der Waals surface area contributed by atoms with Gasteiger partial charge in [0.1, 0.15) is 12.4 Å². The molecule has 0 aliphatic rings. The maximum atomic E-state index is 4.56. The standard InChI is InChI=1S/C26H37N6/c1-29-21-22-32(23-29)19-12-5-4-11-17-27-25-15-9-10-16-26(25)30(2)20-18-28-31(3)24-13-7-6-8-14-24/h6-10,13-16,18,21-23,27H,4-5,11-12,17,19-20H2,1-3H3/q+1/b28-18+. The minimum absolute atomic E-state index is 0.743. The molecule has 0 bridgehead atoms. The molecule has 32 heavy (non-hydrogen) atoms. The van der Waals surface area contributed by atoms with Crippen molar-refractivity contribution in [2.24, 2.45) is 12.1 Å². The van der Waals surface area contributed by atoms with Crippen LogP contribution in [0.4, 0.5) is 17.1 Å². The van der Waals surface area contributed by atoms with Crippen LogP contribution in [-0.2, 0) is 13.6 Å². The third-order valence-corrected chi connectivity index (χ3v) is 5.54. The van der Waals surface area contributed by atoms with Gasteiger partial charge in [0, 0.05) is 26.9 Å². The quantitative estimate of drug-likeness (QED) is 0.186. The van der Waals surface area contributed by atoms with Crippen LogP contribution in [0, 0.1) is 0 Å². The normalized spacial score (nSPS) is 11.1. The van der Waals surface area contributed by atoms with E-state index in [1.165, 1.54) is 37.1 Å². The van der Waals surface area contributed by atoms with Gasteiger partial charge in [0.15, 0.2) is 0 Å². The Bertz CT molecular complexity index is 950. The highest BCUT2D eigenvalue weighted by Gasteiger charge is 2.06. The van der Waals surface area contributed by atoms with Gasteiger partial charge >= 0.3 is 0 Å². The fourth-order valence-corrected chi connectivity index (χ4v) is 3.68. The Morgan fingerprint density at radius 2 is 1.72 bits per heavy atom. The van der Waals surface area contributed by atoms with E-state index in [4.69, 9.17) is 0 Å². The van der Waals surface area contributed by atoms with Gasteiger partial charge in [-0.15, -0.1) is 0 Å². The van der Waals surface area contributed by atoms with E-state index < -0.39 is 0 Å². The molecule has 0 unspecified atom stereocenters. The van der Waals surface area contributed by atoms with Gasteiger partial charge in [0.05, 0.1) is 37.2 Å². The van der Waals surface area contributed by atoms with Crippen LogP contribution in [0.25, 0.3) is 0 Å². The summed E-state index contributed by atoms with van der Waals surface area (Å²) in [6.45, 7) is 2.84. The van der Waals surface area contributed by atoms with Gasteiger partial charge in [-0.1, -0.05) is 36.8 Å². The fourth-order valence-electron chi connectivity index (χ4n) is 3.68. The monoisotopic (exact) mass is 433 g/mol. The highest BCUT2D eigenvalue weighted by atomic mass is 15.4. The van der Waals surface area contributed by atoms with Crippen molar-refractivity contribution in [1.29, 1.82) is 0 Å². The van der Waals surface area contributed by atoms with Crippen molar-refractivity contribution >= 4 is 23.3 Å². The van der Waals surface area contributed by atoms with E-state index >= 15 is 0 Å². The number of hydrogen-bond acceptors (Lipinski definition) is 4. The predicted octanol–water partition coefficient (Wildman–Crippen LogP) is 4.54. The average molecular weight is 434 g/mol. The first-order valence-electron chi connectivity index (χ1n) is 11.5. The highest BCUT2D eigenvalue weighted by Crippen LogP contribution is 2.24. The van der Waals surface area contributed by atoms with E-state index in [1.54, 1.807) is 0 Å². The second kappa shape index (κ2) is 12.5. The summed E-state index contributed by atoms with van der Waals surface area (Å²) in [7, 11) is 6.14. The van der Waals surface area contributed by atoms with Crippen LogP contribution < -0.4 is 19.8 Å². The molecular weight excluding hydrogens is 396 g/mol. The number of nitrogens with one attached hydrogen (secondary N) is 1. The molecule has 0 saturated heterocycles. The Labute approximate surface area is 192 Å². The van der Waals surface area contributed by atoms with Crippen molar-refractivity contribution < 1.29 is 4.57 Å². The first-order valence-corrected chi connectivity index (χ1v) is 11.5. The second-order valence-corrected chi connectivity index (χ2v) is 8.21. The lowest BCUT2D eigenvalue weighted by Gasteiger charge is -2.22. The SMILES string of the molecule is CN(C/C=N/N(C)c1ccccc1)c1ccccc1NCCCCCCn1cc[n+](C)c1. The van der Waals surface area contributed by atoms with Crippen LogP contribution >= 0.6 is 0 Å². The van der Waals surface area contributed by atoms with E-state index in [2.05, 4.69) is 93.7 Å². The molecule has 0 fully saturated rings. The van der Waals surface area contributed by atoms with E-state index in [1.807, 2.05) is 36.5 Å². The van der Waals surface area contributed by atoms with Crippen LogP contribution in [-0.4, -0.2) is 38.0 Å². The number of hydrazone groups is 1. The number of nitrogens with zero attached hydrogens (tertiary/aromatic N) is 5. The molecule has 0 atom stereocenters. The molecule has 3 rings (SSSR count). The number of imidazole rings is 1. The zero-order valence-corrected chi connectivity index (χ0v) is 19.7. The molecule has 1 N–H and O–H groups in total. The van der Waals surface area contributed by atoms with Gasteiger partial charge in [0.2, 0.25) is 6.33 Å². The zero-order chi connectivity index (χ0) is 22.6. The molecule has 0 radical (unpaired) electrons. The number of hydrogen-bond donors (Lipinski definition) is 1. The van der Waals surface area contributed by atoms with Crippen LogP contribution in [0.15, 0.2) is 78.4 Å². The van der Waals surface area contributed by atoms with Crippen molar-refractivity contribution in [2.45, 2.75) is 32.2 Å². The fraction of sp³-hybridized carbons (Fsp3) is 0.385. The average Bonchev–Trinajstić information content (AvgIpc) is 3.24. The van der Waals surface area contributed by atoms with Crippen molar-refractivity contribution in [1.82, 2.24) is 4.57 Å². The van der Waals surface area contributed by atoms with Crippen molar-refractivity contribution in [3.63, 3.8) is 0 Å². The lowest BCUT2D eigenvalue weighted by Crippen LogP contribution is -2.23. The van der Waals surface area contributed by atoms with Gasteiger partial charge in [-0.05, 0) is 43.5 Å². The summed E-state index contributed by atoms with van der Waals surface area (Å²) < 4.78 is 4.34. The summed E-state index contributed by atoms with van der Waals surface area (Å²) in [5, 5.41) is 10.1. The largest absolute Gasteiger partial charge is 0.383 e. The predicted molar refractivity (Wildman–Crippen MR) is 136 cm³/mol. The molecule has 1 aromatic heterocycles.